The predicted octanol–water partition coefficient (Wildman–Crippen LogP) is 1.56. The Labute approximate surface area is 103 Å². The fraction of sp³-hybridized carbons (Fsp3) is 1.00. The molecular weight excluding hydrogens is 216 g/mol. The third-order valence-electron chi connectivity index (χ3n) is 5.38. The minimum atomic E-state index is 0.932. The Hall–Kier alpha value is 0.270. The third-order valence-corrected chi connectivity index (χ3v) is 6.58. The van der Waals surface area contributed by atoms with Gasteiger partial charge in [0.2, 0.25) is 0 Å². The van der Waals surface area contributed by atoms with E-state index in [1.165, 1.54) is 50.3 Å². The number of thioether (sulfide) groups is 1. The molecule has 0 saturated carbocycles. The molecule has 0 aromatic carbocycles. The molecule has 4 aliphatic heterocycles. The van der Waals surface area contributed by atoms with Gasteiger partial charge in [-0.3, -0.25) is 4.90 Å². The van der Waals surface area contributed by atoms with Crippen molar-refractivity contribution in [3.8, 4) is 0 Å². The van der Waals surface area contributed by atoms with Crippen molar-refractivity contribution in [3.63, 3.8) is 0 Å². The smallest absolute Gasteiger partial charge is 0.0192 e. The summed E-state index contributed by atoms with van der Waals surface area (Å²) in [5.74, 6) is 4.84. The van der Waals surface area contributed by atoms with E-state index < -0.39 is 0 Å². The molecule has 0 amide bonds. The summed E-state index contributed by atoms with van der Waals surface area (Å²) >= 11 is 2.19. The van der Waals surface area contributed by atoms with E-state index in [0.717, 1.165) is 30.0 Å². The average molecular weight is 238 g/mol. The van der Waals surface area contributed by atoms with Gasteiger partial charge in [0, 0.05) is 23.9 Å². The number of nitrogens with one attached hydrogen (secondary N) is 1. The number of hydrogen-bond donors (Lipinski definition) is 1. The van der Waals surface area contributed by atoms with Crippen molar-refractivity contribution in [2.24, 2.45) is 11.8 Å². The Morgan fingerprint density at radius 1 is 1.00 bits per heavy atom. The maximum Gasteiger partial charge on any atom is 0.0192 e. The molecule has 2 bridgehead atoms. The summed E-state index contributed by atoms with van der Waals surface area (Å²) in [5.41, 5.74) is 0. The van der Waals surface area contributed by atoms with Crippen molar-refractivity contribution in [3.05, 3.63) is 0 Å². The SMILES string of the molecule is C1CSCC(N2[C@@H]3CC[C@H]2[C@H]2CNC[C@H]23)C1. The van der Waals surface area contributed by atoms with Crippen LogP contribution in [0.4, 0.5) is 0 Å². The van der Waals surface area contributed by atoms with Gasteiger partial charge in [-0.15, -0.1) is 0 Å². The van der Waals surface area contributed by atoms with Crippen molar-refractivity contribution in [2.75, 3.05) is 24.6 Å². The first-order chi connectivity index (χ1) is 7.95. The van der Waals surface area contributed by atoms with E-state index in [1.807, 2.05) is 0 Å². The molecule has 1 N–H and O–H groups in total. The van der Waals surface area contributed by atoms with Crippen LogP contribution in [0, 0.1) is 11.8 Å². The zero-order chi connectivity index (χ0) is 10.5. The molecule has 0 aromatic rings. The highest BCUT2D eigenvalue weighted by atomic mass is 32.2. The first kappa shape index (κ1) is 10.2. The summed E-state index contributed by atoms with van der Waals surface area (Å²) in [5, 5.41) is 3.62. The van der Waals surface area contributed by atoms with Gasteiger partial charge in [0.25, 0.3) is 0 Å². The van der Waals surface area contributed by atoms with Crippen molar-refractivity contribution in [1.29, 1.82) is 0 Å². The Morgan fingerprint density at radius 2 is 1.75 bits per heavy atom. The Balaban J connectivity index is 1.56. The minimum Gasteiger partial charge on any atom is -0.316 e. The third kappa shape index (κ3) is 1.34. The van der Waals surface area contributed by atoms with Crippen LogP contribution in [0.3, 0.4) is 0 Å². The highest BCUT2D eigenvalue weighted by molar-refractivity contribution is 7.99. The normalized spacial score (nSPS) is 52.1. The lowest BCUT2D eigenvalue weighted by Gasteiger charge is -2.35. The molecule has 4 saturated heterocycles. The predicted molar refractivity (Wildman–Crippen MR) is 68.8 cm³/mol. The average Bonchev–Trinajstić information content (AvgIpc) is 3.02. The second kappa shape index (κ2) is 3.89. The molecule has 4 fully saturated rings. The summed E-state index contributed by atoms with van der Waals surface area (Å²) in [6, 6.07) is 2.84. The minimum absolute atomic E-state index is 0.932. The molecule has 5 atom stereocenters. The molecule has 16 heavy (non-hydrogen) atoms. The molecule has 3 heteroatoms. The van der Waals surface area contributed by atoms with Crippen LogP contribution in [-0.2, 0) is 0 Å². The van der Waals surface area contributed by atoms with Gasteiger partial charge < -0.3 is 5.32 Å². The summed E-state index contributed by atoms with van der Waals surface area (Å²) < 4.78 is 0. The molecule has 0 radical (unpaired) electrons. The van der Waals surface area contributed by atoms with Gasteiger partial charge in [-0.25, -0.2) is 0 Å². The molecular formula is C13H22N2S. The highest BCUT2D eigenvalue weighted by Crippen LogP contribution is 2.49. The maximum absolute atomic E-state index is 3.62. The van der Waals surface area contributed by atoms with Gasteiger partial charge in [-0.1, -0.05) is 0 Å². The monoisotopic (exact) mass is 238 g/mol. The topological polar surface area (TPSA) is 15.3 Å². The quantitative estimate of drug-likeness (QED) is 0.746. The molecule has 0 spiro atoms. The number of rotatable bonds is 1. The van der Waals surface area contributed by atoms with Gasteiger partial charge in [-0.2, -0.15) is 11.8 Å². The maximum atomic E-state index is 3.62. The lowest BCUT2D eigenvalue weighted by molar-refractivity contribution is 0.161. The van der Waals surface area contributed by atoms with Crippen LogP contribution >= 0.6 is 11.8 Å². The van der Waals surface area contributed by atoms with Gasteiger partial charge in [0.1, 0.15) is 0 Å². The zero-order valence-corrected chi connectivity index (χ0v) is 10.7. The number of nitrogens with zero attached hydrogens (tertiary/aromatic N) is 1. The summed E-state index contributed by atoms with van der Waals surface area (Å²) in [6.07, 6.45) is 5.93. The molecule has 1 unspecified atom stereocenters. The standard InChI is InChI=1S/C13H22N2S/c1-2-9(8-16-5-1)15-12-3-4-13(15)11-7-14-6-10(11)12/h9-14H,1-8H2/t9?,10-,11+,12-,13+. The lowest BCUT2D eigenvalue weighted by Crippen LogP contribution is -2.44. The van der Waals surface area contributed by atoms with E-state index in [-0.39, 0.29) is 0 Å². The van der Waals surface area contributed by atoms with Crippen LogP contribution in [0.25, 0.3) is 0 Å². The van der Waals surface area contributed by atoms with Crippen molar-refractivity contribution in [2.45, 2.75) is 43.8 Å². The summed E-state index contributed by atoms with van der Waals surface area (Å²) in [4.78, 5) is 2.97. The highest BCUT2D eigenvalue weighted by Gasteiger charge is 2.56. The Morgan fingerprint density at radius 3 is 2.38 bits per heavy atom. The van der Waals surface area contributed by atoms with Gasteiger partial charge in [0.05, 0.1) is 0 Å². The largest absolute Gasteiger partial charge is 0.316 e. The molecule has 4 aliphatic rings. The van der Waals surface area contributed by atoms with Gasteiger partial charge >= 0.3 is 0 Å². The van der Waals surface area contributed by atoms with E-state index in [1.54, 1.807) is 0 Å². The van der Waals surface area contributed by atoms with Crippen LogP contribution in [0.15, 0.2) is 0 Å². The molecule has 4 rings (SSSR count). The second-order valence-corrected chi connectivity index (χ2v) is 7.17. The van der Waals surface area contributed by atoms with E-state index in [9.17, 15) is 0 Å². The van der Waals surface area contributed by atoms with Gasteiger partial charge in [0.15, 0.2) is 0 Å². The van der Waals surface area contributed by atoms with Crippen LogP contribution in [0.5, 0.6) is 0 Å². The van der Waals surface area contributed by atoms with Crippen LogP contribution in [0.1, 0.15) is 25.7 Å². The van der Waals surface area contributed by atoms with E-state index >= 15 is 0 Å². The van der Waals surface area contributed by atoms with Crippen molar-refractivity contribution < 1.29 is 0 Å². The molecule has 0 aliphatic carbocycles. The van der Waals surface area contributed by atoms with Crippen LogP contribution in [0.2, 0.25) is 0 Å². The van der Waals surface area contributed by atoms with Crippen molar-refractivity contribution >= 4 is 11.8 Å². The molecule has 4 heterocycles. The molecule has 2 nitrogen and oxygen atoms in total. The molecule has 0 aromatic heterocycles. The Bertz CT molecular complexity index is 259. The Kier molecular flexibility index (Phi) is 2.48. The lowest BCUT2D eigenvalue weighted by atomic mass is 9.82. The van der Waals surface area contributed by atoms with Crippen LogP contribution < -0.4 is 5.32 Å². The summed E-state index contributed by atoms with van der Waals surface area (Å²) in [6.45, 7) is 2.62. The van der Waals surface area contributed by atoms with Crippen molar-refractivity contribution in [1.82, 2.24) is 10.2 Å². The number of fused-ring (bicyclic) bond motifs is 5. The van der Waals surface area contributed by atoms with E-state index in [4.69, 9.17) is 0 Å². The molecule has 90 valence electrons. The fourth-order valence-corrected chi connectivity index (χ4v) is 5.97. The van der Waals surface area contributed by atoms with Crippen LogP contribution in [-0.4, -0.2) is 47.6 Å². The fourth-order valence-electron chi connectivity index (χ4n) is 4.82. The number of hydrogen-bond acceptors (Lipinski definition) is 3. The van der Waals surface area contributed by atoms with E-state index in [0.29, 0.717) is 0 Å². The van der Waals surface area contributed by atoms with E-state index in [2.05, 4.69) is 22.0 Å². The first-order valence-corrected chi connectivity index (χ1v) is 8.16. The summed E-state index contributed by atoms with van der Waals surface area (Å²) in [7, 11) is 0. The second-order valence-electron chi connectivity index (χ2n) is 6.02. The first-order valence-electron chi connectivity index (χ1n) is 7.01. The van der Waals surface area contributed by atoms with Gasteiger partial charge in [-0.05, 0) is 56.4 Å². The zero-order valence-electron chi connectivity index (χ0n) is 9.90.